The average molecular weight is 315 g/mol. The molecule has 3 atom stereocenters. The third-order valence-electron chi connectivity index (χ3n) is 3.51. The summed E-state index contributed by atoms with van der Waals surface area (Å²) in [4.78, 5) is 35.1. The number of hydrogen-bond donors (Lipinski definition) is 5. The first kappa shape index (κ1) is 18.4. The predicted molar refractivity (Wildman–Crippen MR) is 79.1 cm³/mol. The quantitative estimate of drug-likeness (QED) is 0.384. The van der Waals surface area contributed by atoms with Crippen molar-refractivity contribution in [1.82, 2.24) is 16.0 Å². The van der Waals surface area contributed by atoms with Gasteiger partial charge in [-0.15, -0.1) is 0 Å². The normalized spacial score (nSPS) is 20.5. The van der Waals surface area contributed by atoms with Crippen LogP contribution in [0.1, 0.15) is 33.1 Å². The molecule has 1 aliphatic heterocycles. The van der Waals surface area contributed by atoms with E-state index in [1.54, 1.807) is 0 Å². The van der Waals surface area contributed by atoms with Gasteiger partial charge in [0.2, 0.25) is 11.8 Å². The van der Waals surface area contributed by atoms with E-state index in [-0.39, 0.29) is 24.3 Å². The molecule has 1 heterocycles. The van der Waals surface area contributed by atoms with Gasteiger partial charge in [-0.3, -0.25) is 9.59 Å². The van der Waals surface area contributed by atoms with E-state index < -0.39 is 30.6 Å². The Balaban J connectivity index is 2.58. The third-order valence-corrected chi connectivity index (χ3v) is 3.51. The zero-order valence-corrected chi connectivity index (χ0v) is 13.0. The number of carboxylic acids is 1. The molecule has 1 saturated heterocycles. The van der Waals surface area contributed by atoms with E-state index in [0.717, 1.165) is 13.0 Å². The van der Waals surface area contributed by atoms with Gasteiger partial charge in [0.25, 0.3) is 0 Å². The van der Waals surface area contributed by atoms with Crippen molar-refractivity contribution < 1.29 is 24.6 Å². The fourth-order valence-electron chi connectivity index (χ4n) is 2.34. The van der Waals surface area contributed by atoms with Gasteiger partial charge in [-0.05, 0) is 31.7 Å². The maximum Gasteiger partial charge on any atom is 0.326 e. The minimum Gasteiger partial charge on any atom is -0.480 e. The lowest BCUT2D eigenvalue weighted by Crippen LogP contribution is -2.55. The molecule has 2 amide bonds. The lowest BCUT2D eigenvalue weighted by Gasteiger charge is -2.22. The molecule has 0 aromatic rings. The third kappa shape index (κ3) is 5.61. The van der Waals surface area contributed by atoms with Crippen LogP contribution >= 0.6 is 0 Å². The van der Waals surface area contributed by atoms with Crippen molar-refractivity contribution in [3.63, 3.8) is 0 Å². The highest BCUT2D eigenvalue weighted by Crippen LogP contribution is 2.07. The van der Waals surface area contributed by atoms with Crippen molar-refractivity contribution in [2.75, 3.05) is 13.2 Å². The molecule has 0 spiro atoms. The Kier molecular flexibility index (Phi) is 7.26. The van der Waals surface area contributed by atoms with Gasteiger partial charge < -0.3 is 26.2 Å². The molecule has 126 valence electrons. The number of nitrogens with one attached hydrogen (secondary N) is 3. The van der Waals surface area contributed by atoms with Gasteiger partial charge in [-0.2, -0.15) is 0 Å². The predicted octanol–water partition coefficient (Wildman–Crippen LogP) is -1.17. The standard InChI is InChI=1S/C14H25N3O5/c1-8(2)6-10(14(21)22)16-13(20)11(7-18)17-12(19)9-4-3-5-15-9/h8-11,15,18H,3-7H2,1-2H3,(H,16,20)(H,17,19)(H,21,22). The molecule has 8 nitrogen and oxygen atoms in total. The lowest BCUT2D eigenvalue weighted by atomic mass is 10.0. The minimum atomic E-state index is -1.15. The summed E-state index contributed by atoms with van der Waals surface area (Å²) in [6.07, 6.45) is 1.83. The van der Waals surface area contributed by atoms with E-state index in [0.29, 0.717) is 6.42 Å². The van der Waals surface area contributed by atoms with Crippen molar-refractivity contribution in [2.24, 2.45) is 5.92 Å². The zero-order valence-electron chi connectivity index (χ0n) is 13.0. The van der Waals surface area contributed by atoms with Crippen LogP contribution in [0.25, 0.3) is 0 Å². The van der Waals surface area contributed by atoms with Gasteiger partial charge in [0.15, 0.2) is 0 Å². The summed E-state index contributed by atoms with van der Waals surface area (Å²) >= 11 is 0. The summed E-state index contributed by atoms with van der Waals surface area (Å²) in [7, 11) is 0. The number of aliphatic hydroxyl groups is 1. The number of rotatable bonds is 8. The Morgan fingerprint density at radius 3 is 2.36 bits per heavy atom. The van der Waals surface area contributed by atoms with E-state index in [9.17, 15) is 19.5 Å². The van der Waals surface area contributed by atoms with E-state index in [2.05, 4.69) is 16.0 Å². The van der Waals surface area contributed by atoms with Gasteiger partial charge in [-0.25, -0.2) is 4.79 Å². The highest BCUT2D eigenvalue weighted by molar-refractivity contribution is 5.92. The summed E-state index contributed by atoms with van der Waals surface area (Å²) in [6.45, 7) is 3.85. The number of carboxylic acid groups (broad SMARTS) is 1. The van der Waals surface area contributed by atoms with Crippen LogP contribution in [0.2, 0.25) is 0 Å². The molecule has 0 radical (unpaired) electrons. The fraction of sp³-hybridized carbons (Fsp3) is 0.786. The van der Waals surface area contributed by atoms with E-state index in [1.807, 2.05) is 13.8 Å². The Hall–Kier alpha value is -1.67. The van der Waals surface area contributed by atoms with Crippen LogP contribution in [0.5, 0.6) is 0 Å². The van der Waals surface area contributed by atoms with Crippen LogP contribution in [-0.4, -0.2) is 59.3 Å². The minimum absolute atomic E-state index is 0.0891. The van der Waals surface area contributed by atoms with Crippen LogP contribution in [0, 0.1) is 5.92 Å². The fourth-order valence-corrected chi connectivity index (χ4v) is 2.34. The second-order valence-corrected chi connectivity index (χ2v) is 5.92. The molecule has 0 saturated carbocycles. The van der Waals surface area contributed by atoms with Crippen molar-refractivity contribution in [3.05, 3.63) is 0 Å². The molecule has 0 aromatic carbocycles. The van der Waals surface area contributed by atoms with E-state index in [4.69, 9.17) is 5.11 Å². The zero-order chi connectivity index (χ0) is 16.7. The maximum absolute atomic E-state index is 12.1. The number of aliphatic hydroxyl groups excluding tert-OH is 1. The van der Waals surface area contributed by atoms with Gasteiger partial charge in [0, 0.05) is 0 Å². The largest absolute Gasteiger partial charge is 0.480 e. The highest BCUT2D eigenvalue weighted by Gasteiger charge is 2.29. The van der Waals surface area contributed by atoms with Gasteiger partial charge in [0.05, 0.1) is 12.6 Å². The summed E-state index contributed by atoms with van der Waals surface area (Å²) in [5.74, 6) is -2.10. The van der Waals surface area contributed by atoms with Crippen LogP contribution in [0.15, 0.2) is 0 Å². The molecule has 3 unspecified atom stereocenters. The topological polar surface area (TPSA) is 128 Å². The van der Waals surface area contributed by atoms with E-state index >= 15 is 0 Å². The second kappa shape index (κ2) is 8.70. The lowest BCUT2D eigenvalue weighted by molar-refractivity contribution is -0.143. The number of carbonyl (C=O) groups is 3. The molecule has 1 aliphatic rings. The number of carbonyl (C=O) groups excluding carboxylic acids is 2. The average Bonchev–Trinajstić information content (AvgIpc) is 2.97. The molecule has 0 bridgehead atoms. The first-order valence-corrected chi connectivity index (χ1v) is 7.53. The van der Waals surface area contributed by atoms with Crippen molar-refractivity contribution in [3.8, 4) is 0 Å². The number of amides is 2. The van der Waals surface area contributed by atoms with E-state index in [1.165, 1.54) is 0 Å². The Bertz CT molecular complexity index is 407. The Labute approximate surface area is 129 Å². The maximum atomic E-state index is 12.1. The molecule has 1 fully saturated rings. The molecule has 5 N–H and O–H groups in total. The van der Waals surface area contributed by atoms with Crippen LogP contribution < -0.4 is 16.0 Å². The van der Waals surface area contributed by atoms with Crippen LogP contribution in [0.4, 0.5) is 0 Å². The van der Waals surface area contributed by atoms with Crippen LogP contribution in [-0.2, 0) is 14.4 Å². The molecular weight excluding hydrogens is 290 g/mol. The number of aliphatic carboxylic acids is 1. The summed E-state index contributed by atoms with van der Waals surface area (Å²) < 4.78 is 0. The first-order valence-electron chi connectivity index (χ1n) is 7.53. The summed E-state index contributed by atoms with van der Waals surface area (Å²) in [5.41, 5.74) is 0. The molecule has 8 heteroatoms. The van der Waals surface area contributed by atoms with Crippen LogP contribution in [0.3, 0.4) is 0 Å². The first-order chi connectivity index (χ1) is 10.3. The summed E-state index contributed by atoms with van der Waals surface area (Å²) in [5, 5.41) is 26.2. The van der Waals surface area contributed by atoms with Gasteiger partial charge >= 0.3 is 5.97 Å². The van der Waals surface area contributed by atoms with Crippen molar-refractivity contribution >= 4 is 17.8 Å². The molecule has 0 aliphatic carbocycles. The molecule has 22 heavy (non-hydrogen) atoms. The number of hydrogen-bond acceptors (Lipinski definition) is 5. The Morgan fingerprint density at radius 2 is 1.91 bits per heavy atom. The molecular formula is C14H25N3O5. The second-order valence-electron chi connectivity index (χ2n) is 5.92. The molecule has 0 aromatic heterocycles. The van der Waals surface area contributed by atoms with Crippen molar-refractivity contribution in [1.29, 1.82) is 0 Å². The monoisotopic (exact) mass is 315 g/mol. The van der Waals surface area contributed by atoms with Gasteiger partial charge in [0.1, 0.15) is 12.1 Å². The smallest absolute Gasteiger partial charge is 0.326 e. The summed E-state index contributed by atoms with van der Waals surface area (Å²) in [6, 6.07) is -2.56. The van der Waals surface area contributed by atoms with Crippen molar-refractivity contribution in [2.45, 2.75) is 51.2 Å². The highest BCUT2D eigenvalue weighted by atomic mass is 16.4. The SMILES string of the molecule is CC(C)CC(NC(=O)C(CO)NC(=O)C1CCCN1)C(=O)O. The van der Waals surface area contributed by atoms with Gasteiger partial charge in [-0.1, -0.05) is 13.8 Å². The Morgan fingerprint density at radius 1 is 1.23 bits per heavy atom. The molecule has 1 rings (SSSR count).